The van der Waals surface area contributed by atoms with Gasteiger partial charge in [0.05, 0.1) is 13.2 Å². The van der Waals surface area contributed by atoms with Crippen LogP contribution in [0.2, 0.25) is 5.15 Å². The first kappa shape index (κ1) is 11.8. The largest absolute Gasteiger partial charge is 0.395 e. The van der Waals surface area contributed by atoms with Gasteiger partial charge < -0.3 is 5.11 Å². The van der Waals surface area contributed by atoms with Crippen molar-refractivity contribution in [2.75, 3.05) is 13.2 Å². The minimum atomic E-state index is 0.208. The summed E-state index contributed by atoms with van der Waals surface area (Å²) < 4.78 is 0. The molecule has 2 rings (SSSR count). The molecule has 0 aromatic carbocycles. The number of likely N-dealkylation sites (tertiary alicyclic amines) is 1. The first-order valence-corrected chi connectivity index (χ1v) is 5.92. The minimum absolute atomic E-state index is 0.208. The lowest BCUT2D eigenvalue weighted by Crippen LogP contribution is -2.32. The normalized spacial score (nSPS) is 21.6. The number of hydrogen-bond acceptors (Lipinski definition) is 4. The van der Waals surface area contributed by atoms with Gasteiger partial charge in [-0.2, -0.15) is 0 Å². The molecule has 5 heteroatoms. The highest BCUT2D eigenvalue weighted by Gasteiger charge is 2.24. The molecule has 1 aromatic heterocycles. The Balaban J connectivity index is 2.08. The van der Waals surface area contributed by atoms with E-state index in [1.54, 1.807) is 6.07 Å². The highest BCUT2D eigenvalue weighted by molar-refractivity contribution is 6.29. The maximum Gasteiger partial charge on any atom is 0.144 e. The maximum atomic E-state index is 9.22. The van der Waals surface area contributed by atoms with Gasteiger partial charge in [-0.1, -0.05) is 11.6 Å². The molecule has 0 unspecified atom stereocenters. The first-order chi connectivity index (χ1) is 7.69. The Morgan fingerprint density at radius 1 is 1.56 bits per heavy atom. The number of nitrogens with zero attached hydrogens (tertiary/aromatic N) is 3. The van der Waals surface area contributed by atoms with Crippen LogP contribution in [0.4, 0.5) is 0 Å². The Kier molecular flexibility index (Phi) is 3.74. The van der Waals surface area contributed by atoms with Crippen molar-refractivity contribution in [3.63, 3.8) is 0 Å². The number of aromatic nitrogens is 2. The van der Waals surface area contributed by atoms with Crippen LogP contribution in [0, 0.1) is 6.92 Å². The van der Waals surface area contributed by atoms with Gasteiger partial charge in [0.2, 0.25) is 0 Å². The molecule has 16 heavy (non-hydrogen) atoms. The molecule has 0 radical (unpaired) electrons. The van der Waals surface area contributed by atoms with E-state index in [0.29, 0.717) is 11.7 Å². The summed E-state index contributed by atoms with van der Waals surface area (Å²) in [5, 5.41) is 9.70. The molecular formula is C11H16ClN3O. The average molecular weight is 242 g/mol. The van der Waals surface area contributed by atoms with Gasteiger partial charge >= 0.3 is 0 Å². The van der Waals surface area contributed by atoms with Crippen LogP contribution in [0.3, 0.4) is 0 Å². The molecule has 0 bridgehead atoms. The van der Waals surface area contributed by atoms with Crippen LogP contribution in [0.15, 0.2) is 6.07 Å². The van der Waals surface area contributed by atoms with Gasteiger partial charge in [0.25, 0.3) is 0 Å². The molecule has 0 aliphatic carbocycles. The van der Waals surface area contributed by atoms with E-state index < -0.39 is 0 Å². The fourth-order valence-electron chi connectivity index (χ4n) is 2.15. The Labute approximate surface area is 100 Å². The zero-order chi connectivity index (χ0) is 11.5. The molecule has 1 N–H and O–H groups in total. The lowest BCUT2D eigenvalue weighted by molar-refractivity contribution is 0.151. The van der Waals surface area contributed by atoms with Crippen molar-refractivity contribution in [2.45, 2.75) is 32.4 Å². The summed E-state index contributed by atoms with van der Waals surface area (Å²) >= 11 is 5.89. The maximum absolute atomic E-state index is 9.22. The summed E-state index contributed by atoms with van der Waals surface area (Å²) in [6.45, 7) is 3.79. The fraction of sp³-hybridized carbons (Fsp3) is 0.636. The van der Waals surface area contributed by atoms with Crippen LogP contribution < -0.4 is 0 Å². The minimum Gasteiger partial charge on any atom is -0.395 e. The van der Waals surface area contributed by atoms with E-state index >= 15 is 0 Å². The van der Waals surface area contributed by atoms with E-state index in [1.807, 2.05) is 6.92 Å². The van der Waals surface area contributed by atoms with Gasteiger partial charge in [0, 0.05) is 11.7 Å². The molecule has 0 spiro atoms. The number of aliphatic hydroxyl groups is 1. The smallest absolute Gasteiger partial charge is 0.144 e. The number of aliphatic hydroxyl groups excluding tert-OH is 1. The van der Waals surface area contributed by atoms with Crippen LogP contribution >= 0.6 is 11.6 Å². The van der Waals surface area contributed by atoms with Gasteiger partial charge in [0.1, 0.15) is 11.0 Å². The lowest BCUT2D eigenvalue weighted by atomic mass is 10.2. The second kappa shape index (κ2) is 5.08. The third-order valence-electron chi connectivity index (χ3n) is 2.92. The van der Waals surface area contributed by atoms with E-state index in [1.165, 1.54) is 0 Å². The summed E-state index contributed by atoms with van der Waals surface area (Å²) in [6.07, 6.45) is 2.18. The van der Waals surface area contributed by atoms with Crippen LogP contribution in [0.1, 0.15) is 24.4 Å². The van der Waals surface area contributed by atoms with Gasteiger partial charge in [0.15, 0.2) is 0 Å². The number of rotatable bonds is 3. The molecule has 2 heterocycles. The molecule has 0 saturated carbocycles. The number of hydrogen-bond donors (Lipinski definition) is 1. The van der Waals surface area contributed by atoms with Crippen molar-refractivity contribution in [2.24, 2.45) is 0 Å². The van der Waals surface area contributed by atoms with Crippen molar-refractivity contribution in [1.82, 2.24) is 14.9 Å². The monoisotopic (exact) mass is 241 g/mol. The Morgan fingerprint density at radius 2 is 2.38 bits per heavy atom. The Bertz CT molecular complexity index is 352. The number of halogens is 1. The lowest BCUT2D eigenvalue weighted by Gasteiger charge is -2.21. The van der Waals surface area contributed by atoms with E-state index in [-0.39, 0.29) is 12.6 Å². The zero-order valence-electron chi connectivity index (χ0n) is 9.36. The van der Waals surface area contributed by atoms with E-state index in [9.17, 15) is 5.11 Å². The molecule has 1 aromatic rings. The van der Waals surface area contributed by atoms with Crippen molar-refractivity contribution in [1.29, 1.82) is 0 Å². The van der Waals surface area contributed by atoms with Crippen molar-refractivity contribution >= 4 is 11.6 Å². The third kappa shape index (κ3) is 2.70. The van der Waals surface area contributed by atoms with Crippen LogP contribution in [0.5, 0.6) is 0 Å². The van der Waals surface area contributed by atoms with Crippen molar-refractivity contribution < 1.29 is 5.11 Å². The number of aryl methyl sites for hydroxylation is 1. The summed E-state index contributed by atoms with van der Waals surface area (Å²) in [4.78, 5) is 10.8. The topological polar surface area (TPSA) is 49.2 Å². The second-order valence-electron chi connectivity index (χ2n) is 4.20. The Hall–Kier alpha value is -0.710. The summed E-state index contributed by atoms with van der Waals surface area (Å²) in [5.74, 6) is 0.741. The first-order valence-electron chi connectivity index (χ1n) is 5.54. The molecule has 1 atom stereocenters. The van der Waals surface area contributed by atoms with Crippen LogP contribution in [0.25, 0.3) is 0 Å². The van der Waals surface area contributed by atoms with Crippen molar-refractivity contribution in [3.8, 4) is 0 Å². The van der Waals surface area contributed by atoms with Gasteiger partial charge in [-0.3, -0.25) is 4.90 Å². The van der Waals surface area contributed by atoms with E-state index in [0.717, 1.165) is 30.9 Å². The van der Waals surface area contributed by atoms with E-state index in [2.05, 4.69) is 14.9 Å². The molecule has 1 fully saturated rings. The highest BCUT2D eigenvalue weighted by atomic mass is 35.5. The van der Waals surface area contributed by atoms with Gasteiger partial charge in [-0.15, -0.1) is 0 Å². The average Bonchev–Trinajstić information content (AvgIpc) is 2.63. The fourth-order valence-corrected chi connectivity index (χ4v) is 2.41. The molecule has 1 aliphatic rings. The molecule has 0 amide bonds. The zero-order valence-corrected chi connectivity index (χ0v) is 10.1. The summed E-state index contributed by atoms with van der Waals surface area (Å²) in [5.41, 5.74) is 0.884. The van der Waals surface area contributed by atoms with E-state index in [4.69, 9.17) is 11.6 Å². The highest BCUT2D eigenvalue weighted by Crippen LogP contribution is 2.19. The predicted molar refractivity (Wildman–Crippen MR) is 62.3 cm³/mol. The molecule has 88 valence electrons. The predicted octanol–water partition coefficient (Wildman–Crippen LogP) is 1.40. The summed E-state index contributed by atoms with van der Waals surface area (Å²) in [7, 11) is 0. The quantitative estimate of drug-likeness (QED) is 0.813. The second-order valence-corrected chi connectivity index (χ2v) is 4.58. The van der Waals surface area contributed by atoms with Crippen LogP contribution in [-0.4, -0.2) is 39.2 Å². The van der Waals surface area contributed by atoms with Gasteiger partial charge in [-0.05, 0) is 32.4 Å². The molecule has 1 aliphatic heterocycles. The molecular weight excluding hydrogens is 226 g/mol. The Morgan fingerprint density at radius 3 is 3.06 bits per heavy atom. The third-order valence-corrected chi connectivity index (χ3v) is 3.12. The molecule has 1 saturated heterocycles. The van der Waals surface area contributed by atoms with Crippen molar-refractivity contribution in [3.05, 3.63) is 22.7 Å². The molecule has 4 nitrogen and oxygen atoms in total. The van der Waals surface area contributed by atoms with Gasteiger partial charge in [-0.25, -0.2) is 9.97 Å². The standard InChI is InChI=1S/C11H16ClN3O/c1-8-5-10(12)14-11(13-8)6-15-4-2-3-9(15)7-16/h5,9,16H,2-4,6-7H2,1H3/t9-/m0/s1. The van der Waals surface area contributed by atoms with Crippen LogP contribution in [-0.2, 0) is 6.54 Å². The SMILES string of the molecule is Cc1cc(Cl)nc(CN2CCC[C@H]2CO)n1. The summed E-state index contributed by atoms with van der Waals surface area (Å²) in [6, 6.07) is 2.00.